The van der Waals surface area contributed by atoms with Crippen molar-refractivity contribution in [2.75, 3.05) is 23.3 Å². The van der Waals surface area contributed by atoms with E-state index in [-0.39, 0.29) is 11.8 Å². The van der Waals surface area contributed by atoms with Crippen LogP contribution in [-0.4, -0.2) is 29.0 Å². The summed E-state index contributed by atoms with van der Waals surface area (Å²) in [6.07, 6.45) is 3.58. The van der Waals surface area contributed by atoms with Crippen molar-refractivity contribution in [2.45, 2.75) is 26.7 Å². The molecule has 1 aliphatic rings. The zero-order valence-corrected chi connectivity index (χ0v) is 14.7. The summed E-state index contributed by atoms with van der Waals surface area (Å²) in [5.41, 5.74) is 2.71. The van der Waals surface area contributed by atoms with Gasteiger partial charge in [0.25, 0.3) is 0 Å². The molecule has 0 saturated carbocycles. The van der Waals surface area contributed by atoms with Gasteiger partial charge < -0.3 is 10.2 Å². The lowest BCUT2D eigenvalue weighted by molar-refractivity contribution is -0.120. The van der Waals surface area contributed by atoms with E-state index in [1.165, 1.54) is 0 Å². The maximum Gasteiger partial charge on any atom is 0.229 e. The van der Waals surface area contributed by atoms with E-state index in [0.717, 1.165) is 36.3 Å². The Bertz CT molecular complexity index is 750. The number of benzene rings is 1. The molecule has 1 fully saturated rings. The molecule has 1 aromatic carbocycles. The molecule has 0 aliphatic carbocycles. The molecule has 2 heterocycles. The van der Waals surface area contributed by atoms with E-state index < -0.39 is 0 Å². The number of aryl methyl sites for hydroxylation is 2. The number of rotatable bonds is 3. The van der Waals surface area contributed by atoms with Crippen LogP contribution >= 0.6 is 11.6 Å². The summed E-state index contributed by atoms with van der Waals surface area (Å²) in [5, 5.41) is 3.63. The Morgan fingerprint density at radius 2 is 2.17 bits per heavy atom. The number of carbonyl (C=O) groups excluding carboxylic acids is 1. The smallest absolute Gasteiger partial charge is 0.229 e. The predicted molar refractivity (Wildman–Crippen MR) is 96.5 cm³/mol. The number of piperidine rings is 1. The van der Waals surface area contributed by atoms with Gasteiger partial charge >= 0.3 is 0 Å². The van der Waals surface area contributed by atoms with Crippen LogP contribution < -0.4 is 10.2 Å². The predicted octanol–water partition coefficient (Wildman–Crippen LogP) is 3.60. The molecular formula is C18H21ClN4O. The van der Waals surface area contributed by atoms with Crippen LogP contribution in [-0.2, 0) is 4.79 Å². The van der Waals surface area contributed by atoms with Crippen molar-refractivity contribution in [3.63, 3.8) is 0 Å². The molecule has 0 radical (unpaired) electrons. The van der Waals surface area contributed by atoms with Crippen molar-refractivity contribution in [2.24, 2.45) is 5.92 Å². The molecule has 0 spiro atoms. The zero-order valence-electron chi connectivity index (χ0n) is 13.9. The first kappa shape index (κ1) is 16.7. The highest BCUT2D eigenvalue weighted by Gasteiger charge is 2.27. The topological polar surface area (TPSA) is 58.1 Å². The summed E-state index contributed by atoms with van der Waals surface area (Å²) in [6.45, 7) is 5.42. The molecule has 1 amide bonds. The van der Waals surface area contributed by atoms with E-state index in [1.807, 2.05) is 32.0 Å². The number of aromatic nitrogens is 2. The third-order valence-corrected chi connectivity index (χ3v) is 4.55. The van der Waals surface area contributed by atoms with E-state index in [0.29, 0.717) is 17.5 Å². The second-order valence-corrected chi connectivity index (χ2v) is 6.67. The summed E-state index contributed by atoms with van der Waals surface area (Å²) < 4.78 is 0. The van der Waals surface area contributed by atoms with Crippen molar-refractivity contribution in [1.82, 2.24) is 9.97 Å². The molecule has 5 nitrogen and oxygen atoms in total. The van der Waals surface area contributed by atoms with Crippen molar-refractivity contribution >= 4 is 29.1 Å². The minimum absolute atomic E-state index is 0.0257. The number of hydrogen-bond donors (Lipinski definition) is 1. The normalized spacial score (nSPS) is 17.6. The lowest BCUT2D eigenvalue weighted by Crippen LogP contribution is -2.41. The number of carbonyl (C=O) groups is 1. The molecule has 1 aliphatic heterocycles. The number of nitrogens with zero attached hydrogens (tertiary/aromatic N) is 3. The minimum Gasteiger partial charge on any atom is -0.340 e. The number of anilines is 2. The molecule has 6 heteroatoms. The second kappa shape index (κ2) is 7.18. The zero-order chi connectivity index (χ0) is 17.1. The van der Waals surface area contributed by atoms with Crippen molar-refractivity contribution in [3.05, 3.63) is 46.7 Å². The van der Waals surface area contributed by atoms with Crippen LogP contribution in [0.2, 0.25) is 5.02 Å². The fourth-order valence-corrected chi connectivity index (χ4v) is 3.10. The second-order valence-electron chi connectivity index (χ2n) is 6.23. The molecule has 1 atom stereocenters. The molecule has 3 rings (SSSR count). The average Bonchev–Trinajstić information content (AvgIpc) is 2.58. The fraction of sp³-hybridized carbons (Fsp3) is 0.389. The van der Waals surface area contributed by atoms with Gasteiger partial charge in [0, 0.05) is 35.7 Å². The number of hydrogen-bond acceptors (Lipinski definition) is 4. The molecule has 2 aromatic rings. The summed E-state index contributed by atoms with van der Waals surface area (Å²) >= 11 is 6.03. The maximum absolute atomic E-state index is 12.7. The summed E-state index contributed by atoms with van der Waals surface area (Å²) in [6, 6.07) is 7.40. The van der Waals surface area contributed by atoms with Gasteiger partial charge in [0.05, 0.1) is 5.92 Å². The Morgan fingerprint density at radius 1 is 1.33 bits per heavy atom. The van der Waals surface area contributed by atoms with Gasteiger partial charge in [0.1, 0.15) is 0 Å². The van der Waals surface area contributed by atoms with Crippen molar-refractivity contribution < 1.29 is 4.79 Å². The maximum atomic E-state index is 12.7. The van der Waals surface area contributed by atoms with Crippen molar-refractivity contribution in [3.8, 4) is 0 Å². The van der Waals surface area contributed by atoms with Gasteiger partial charge in [-0.25, -0.2) is 9.97 Å². The van der Waals surface area contributed by atoms with Gasteiger partial charge in [0.15, 0.2) is 0 Å². The first-order chi connectivity index (χ1) is 11.5. The molecule has 1 aromatic heterocycles. The largest absolute Gasteiger partial charge is 0.340 e. The van der Waals surface area contributed by atoms with Gasteiger partial charge in [-0.15, -0.1) is 0 Å². The summed E-state index contributed by atoms with van der Waals surface area (Å²) in [4.78, 5) is 23.5. The Morgan fingerprint density at radius 3 is 2.96 bits per heavy atom. The van der Waals surface area contributed by atoms with Crippen LogP contribution in [0, 0.1) is 19.8 Å². The quantitative estimate of drug-likeness (QED) is 0.924. The van der Waals surface area contributed by atoms with Crippen LogP contribution in [0.3, 0.4) is 0 Å². The Labute approximate surface area is 147 Å². The first-order valence-electron chi connectivity index (χ1n) is 8.14. The van der Waals surface area contributed by atoms with E-state index in [2.05, 4.69) is 20.2 Å². The Hall–Kier alpha value is -2.14. The monoisotopic (exact) mass is 344 g/mol. The van der Waals surface area contributed by atoms with E-state index in [9.17, 15) is 4.79 Å². The fourth-order valence-electron chi connectivity index (χ4n) is 2.92. The molecule has 1 N–H and O–H groups in total. The SMILES string of the molecule is Cc1ccnc(N2CCCC(C(=O)Nc3cc(Cl)ccc3C)C2)n1. The highest BCUT2D eigenvalue weighted by Crippen LogP contribution is 2.24. The highest BCUT2D eigenvalue weighted by atomic mass is 35.5. The third kappa shape index (κ3) is 3.85. The number of amides is 1. The molecular weight excluding hydrogens is 324 g/mol. The van der Waals surface area contributed by atoms with Gasteiger partial charge in [-0.1, -0.05) is 17.7 Å². The summed E-state index contributed by atoms with van der Waals surface area (Å²) in [5.74, 6) is 0.644. The highest BCUT2D eigenvalue weighted by molar-refractivity contribution is 6.31. The van der Waals surface area contributed by atoms with E-state index in [4.69, 9.17) is 11.6 Å². The van der Waals surface area contributed by atoms with E-state index >= 15 is 0 Å². The van der Waals surface area contributed by atoms with Gasteiger partial charge in [-0.3, -0.25) is 4.79 Å². The molecule has 1 unspecified atom stereocenters. The summed E-state index contributed by atoms with van der Waals surface area (Å²) in [7, 11) is 0. The number of halogens is 1. The van der Waals surface area contributed by atoms with Crippen LogP contribution in [0.4, 0.5) is 11.6 Å². The van der Waals surface area contributed by atoms with Crippen LogP contribution in [0.15, 0.2) is 30.5 Å². The Balaban J connectivity index is 1.70. The van der Waals surface area contributed by atoms with Crippen LogP contribution in [0.5, 0.6) is 0 Å². The molecule has 0 bridgehead atoms. The van der Waals surface area contributed by atoms with Crippen molar-refractivity contribution in [1.29, 1.82) is 0 Å². The third-order valence-electron chi connectivity index (χ3n) is 4.31. The average molecular weight is 345 g/mol. The van der Waals surface area contributed by atoms with Gasteiger partial charge in [0.2, 0.25) is 11.9 Å². The Kier molecular flexibility index (Phi) is 5.00. The molecule has 126 valence electrons. The van der Waals surface area contributed by atoms with E-state index in [1.54, 1.807) is 12.3 Å². The lowest BCUT2D eigenvalue weighted by Gasteiger charge is -2.32. The number of nitrogens with one attached hydrogen (secondary N) is 1. The standard InChI is InChI=1S/C18H21ClN4O/c1-12-5-6-15(19)10-16(12)22-17(24)14-4-3-9-23(11-14)18-20-8-7-13(2)21-18/h5-8,10,14H,3-4,9,11H2,1-2H3,(H,22,24). The minimum atomic E-state index is -0.0822. The molecule has 24 heavy (non-hydrogen) atoms. The lowest BCUT2D eigenvalue weighted by atomic mass is 9.97. The van der Waals surface area contributed by atoms with Gasteiger partial charge in [-0.2, -0.15) is 0 Å². The molecule has 1 saturated heterocycles. The van der Waals surface area contributed by atoms with Crippen LogP contribution in [0.1, 0.15) is 24.1 Å². The first-order valence-corrected chi connectivity index (χ1v) is 8.52. The van der Waals surface area contributed by atoms with Gasteiger partial charge in [-0.05, 0) is 50.5 Å². The van der Waals surface area contributed by atoms with Crippen LogP contribution in [0.25, 0.3) is 0 Å².